The van der Waals surface area contributed by atoms with Gasteiger partial charge in [-0.15, -0.1) is 0 Å². The van der Waals surface area contributed by atoms with Crippen molar-refractivity contribution in [2.45, 2.75) is 18.4 Å². The van der Waals surface area contributed by atoms with Crippen molar-refractivity contribution in [3.63, 3.8) is 0 Å². The van der Waals surface area contributed by atoms with E-state index in [-0.39, 0.29) is 11.5 Å². The van der Waals surface area contributed by atoms with Crippen LogP contribution < -0.4 is 0 Å². The molecule has 5 rings (SSSR count). The highest BCUT2D eigenvalue weighted by molar-refractivity contribution is 6.45. The summed E-state index contributed by atoms with van der Waals surface area (Å²) >= 11 is 6.14. The van der Waals surface area contributed by atoms with E-state index in [1.165, 1.54) is 12.4 Å². The Labute approximate surface area is 177 Å². The number of H-pyrrole nitrogens is 1. The van der Waals surface area contributed by atoms with Gasteiger partial charge in [0.25, 0.3) is 17.6 Å². The van der Waals surface area contributed by atoms with Crippen LogP contribution in [0.3, 0.4) is 0 Å². The fourth-order valence-electron chi connectivity index (χ4n) is 4.21. The molecule has 152 valence electrons. The molecule has 0 radical (unpaired) electrons. The number of aromatic nitrogens is 2. The topological polar surface area (TPSA) is 86.4 Å². The van der Waals surface area contributed by atoms with Crippen molar-refractivity contribution in [1.29, 1.82) is 0 Å². The number of Topliss-reactive ketones (excluding diaryl/α,β-unsaturated/α-hetero) is 1. The molecule has 1 N–H and O–H groups in total. The van der Waals surface area contributed by atoms with E-state index in [0.29, 0.717) is 41.3 Å². The van der Waals surface area contributed by atoms with Crippen LogP contribution in [-0.4, -0.2) is 62.5 Å². The van der Waals surface area contributed by atoms with Crippen LogP contribution in [-0.2, 0) is 4.79 Å². The van der Waals surface area contributed by atoms with E-state index in [4.69, 9.17) is 11.6 Å². The average Bonchev–Trinajstić information content (AvgIpc) is 3.38. The maximum absolute atomic E-state index is 13.1. The molecule has 30 heavy (non-hydrogen) atoms. The van der Waals surface area contributed by atoms with E-state index < -0.39 is 17.2 Å². The lowest BCUT2D eigenvalue weighted by molar-refractivity contribution is -0.131. The molecule has 1 spiro atoms. The highest BCUT2D eigenvalue weighted by atomic mass is 35.5. The molecular weight excluding hydrogens is 404 g/mol. The highest BCUT2D eigenvalue weighted by Gasteiger charge is 2.55. The summed E-state index contributed by atoms with van der Waals surface area (Å²) in [5.74, 6) is -1.21. The first kappa shape index (κ1) is 18.8. The van der Waals surface area contributed by atoms with Gasteiger partial charge in [0.05, 0.1) is 21.6 Å². The second-order valence-corrected chi connectivity index (χ2v) is 8.23. The lowest BCUT2D eigenvalue weighted by atomic mass is 10.1. The third-order valence-corrected chi connectivity index (χ3v) is 6.30. The number of nitrogens with zero attached hydrogens (tertiary/aromatic N) is 3. The number of carbonyl (C=O) groups is 3. The predicted octanol–water partition coefficient (Wildman–Crippen LogP) is 2.92. The molecule has 1 saturated heterocycles. The molecule has 3 heterocycles. The van der Waals surface area contributed by atoms with Crippen LogP contribution in [0.25, 0.3) is 11.0 Å². The smallest absolute Gasteiger partial charge is 0.295 e. The Hall–Kier alpha value is -3.19. The number of aromatic amines is 1. The van der Waals surface area contributed by atoms with E-state index in [1.54, 1.807) is 28.0 Å². The summed E-state index contributed by atoms with van der Waals surface area (Å²) in [4.78, 5) is 49.5. The van der Waals surface area contributed by atoms with Crippen LogP contribution in [0, 0.1) is 0 Å². The third kappa shape index (κ3) is 2.97. The summed E-state index contributed by atoms with van der Waals surface area (Å²) in [5.41, 5.74) is 1.33. The van der Waals surface area contributed by atoms with E-state index in [2.05, 4.69) is 9.97 Å². The summed E-state index contributed by atoms with van der Waals surface area (Å²) < 4.78 is 0. The molecule has 2 amide bonds. The highest BCUT2D eigenvalue weighted by Crippen LogP contribution is 2.45. The second kappa shape index (κ2) is 6.95. The molecule has 2 fully saturated rings. The largest absolute Gasteiger partial charge is 0.358 e. The first-order chi connectivity index (χ1) is 14.5. The minimum atomic E-state index is -0.606. The van der Waals surface area contributed by atoms with Gasteiger partial charge in [0.1, 0.15) is 5.52 Å². The predicted molar refractivity (Wildman–Crippen MR) is 111 cm³/mol. The normalized spacial score (nSPS) is 17.4. The molecule has 1 aromatic carbocycles. The number of hydrogen-bond acceptors (Lipinski definition) is 4. The minimum Gasteiger partial charge on any atom is -0.358 e. The summed E-state index contributed by atoms with van der Waals surface area (Å²) in [6, 6.07) is 10.7. The van der Waals surface area contributed by atoms with E-state index in [0.717, 1.165) is 12.8 Å². The number of amides is 2. The van der Waals surface area contributed by atoms with Gasteiger partial charge in [0, 0.05) is 37.6 Å². The van der Waals surface area contributed by atoms with Crippen LogP contribution in [0.5, 0.6) is 0 Å². The van der Waals surface area contributed by atoms with E-state index in [9.17, 15) is 14.4 Å². The van der Waals surface area contributed by atoms with Crippen LogP contribution in [0.1, 0.15) is 33.6 Å². The van der Waals surface area contributed by atoms with E-state index >= 15 is 0 Å². The SMILES string of the molecule is O=C(C(=O)N1CCN(C(=O)c2ccccc2)CC12CC2)c1c[nH]c2c(Cl)ccnc12. The number of hydrogen-bond donors (Lipinski definition) is 1. The van der Waals surface area contributed by atoms with Gasteiger partial charge >= 0.3 is 0 Å². The number of fused-ring (bicyclic) bond motifs is 1. The molecular formula is C22H19ClN4O3. The van der Waals surface area contributed by atoms with Crippen LogP contribution in [0.15, 0.2) is 48.8 Å². The van der Waals surface area contributed by atoms with Gasteiger partial charge in [-0.05, 0) is 31.0 Å². The lowest BCUT2D eigenvalue weighted by Gasteiger charge is -2.41. The number of pyridine rings is 1. The monoisotopic (exact) mass is 422 g/mol. The van der Waals surface area contributed by atoms with Gasteiger partial charge in [-0.2, -0.15) is 0 Å². The number of carbonyl (C=O) groups excluding carboxylic acids is 3. The molecule has 0 atom stereocenters. The molecule has 2 aliphatic rings. The molecule has 8 heteroatoms. The Morgan fingerprint density at radius 3 is 2.57 bits per heavy atom. The standard InChI is InChI=1S/C22H19ClN4O3/c23-16-6-9-24-17-15(12-25-18(16)17)19(28)21(30)27-11-10-26(13-22(27)7-8-22)20(29)14-4-2-1-3-5-14/h1-6,9,12,25H,7-8,10-11,13H2. The number of piperazine rings is 1. The van der Waals surface area contributed by atoms with Gasteiger partial charge in [-0.3, -0.25) is 19.4 Å². The molecule has 0 bridgehead atoms. The Morgan fingerprint density at radius 2 is 1.83 bits per heavy atom. The molecule has 1 aliphatic heterocycles. The van der Waals surface area contributed by atoms with Crippen molar-refractivity contribution in [2.75, 3.05) is 19.6 Å². The Balaban J connectivity index is 1.36. The zero-order valence-electron chi connectivity index (χ0n) is 16.1. The van der Waals surface area contributed by atoms with Crippen LogP contribution in [0.4, 0.5) is 0 Å². The molecule has 1 saturated carbocycles. The zero-order valence-corrected chi connectivity index (χ0v) is 16.9. The van der Waals surface area contributed by atoms with Crippen molar-refractivity contribution < 1.29 is 14.4 Å². The molecule has 2 aromatic heterocycles. The number of nitrogens with one attached hydrogen (secondary N) is 1. The van der Waals surface area contributed by atoms with Crippen LogP contribution in [0.2, 0.25) is 5.02 Å². The van der Waals surface area contributed by atoms with Crippen LogP contribution >= 0.6 is 11.6 Å². The number of halogens is 1. The summed E-state index contributed by atoms with van der Waals surface area (Å²) in [6.07, 6.45) is 4.56. The van der Waals surface area contributed by atoms with Gasteiger partial charge in [-0.25, -0.2) is 0 Å². The molecule has 3 aromatic rings. The average molecular weight is 423 g/mol. The van der Waals surface area contributed by atoms with Gasteiger partial charge < -0.3 is 14.8 Å². The fourth-order valence-corrected chi connectivity index (χ4v) is 4.41. The Bertz CT molecular complexity index is 1170. The maximum atomic E-state index is 13.1. The summed E-state index contributed by atoms with van der Waals surface area (Å²) in [6.45, 7) is 1.17. The number of rotatable bonds is 3. The second-order valence-electron chi connectivity index (χ2n) is 7.82. The van der Waals surface area contributed by atoms with Crippen molar-refractivity contribution in [3.05, 3.63) is 64.9 Å². The van der Waals surface area contributed by atoms with Crippen molar-refractivity contribution in [2.24, 2.45) is 0 Å². The van der Waals surface area contributed by atoms with Crippen molar-refractivity contribution in [1.82, 2.24) is 19.8 Å². The molecule has 1 aliphatic carbocycles. The Morgan fingerprint density at radius 1 is 1.07 bits per heavy atom. The number of ketones is 1. The van der Waals surface area contributed by atoms with Gasteiger partial charge in [-0.1, -0.05) is 29.8 Å². The third-order valence-electron chi connectivity index (χ3n) is 5.99. The summed E-state index contributed by atoms with van der Waals surface area (Å²) in [7, 11) is 0. The minimum absolute atomic E-state index is 0.0456. The Kier molecular flexibility index (Phi) is 4.36. The van der Waals surface area contributed by atoms with E-state index in [1.807, 2.05) is 18.2 Å². The first-order valence-electron chi connectivity index (χ1n) is 9.82. The first-order valence-corrected chi connectivity index (χ1v) is 10.2. The molecule has 7 nitrogen and oxygen atoms in total. The molecule has 0 unspecified atom stereocenters. The summed E-state index contributed by atoms with van der Waals surface area (Å²) in [5, 5.41) is 0.443. The number of benzene rings is 1. The lowest BCUT2D eigenvalue weighted by Crippen LogP contribution is -2.59. The van der Waals surface area contributed by atoms with Gasteiger partial charge in [0.2, 0.25) is 0 Å². The maximum Gasteiger partial charge on any atom is 0.295 e. The fraction of sp³-hybridized carbons (Fsp3) is 0.273. The quantitative estimate of drug-likeness (QED) is 0.519. The van der Waals surface area contributed by atoms with Gasteiger partial charge in [0.15, 0.2) is 0 Å². The van der Waals surface area contributed by atoms with Crippen molar-refractivity contribution >= 4 is 40.2 Å². The van der Waals surface area contributed by atoms with Crippen molar-refractivity contribution in [3.8, 4) is 0 Å². The zero-order chi connectivity index (χ0) is 20.9.